The highest BCUT2D eigenvalue weighted by Crippen LogP contribution is 2.14. The highest BCUT2D eigenvalue weighted by Gasteiger charge is 2.06. The molecule has 1 aromatic carbocycles. The number of rotatable bonds is 0. The van der Waals surface area contributed by atoms with E-state index < -0.39 is 0 Å². The fourth-order valence-electron chi connectivity index (χ4n) is 1.54. The molecule has 0 spiro atoms. The summed E-state index contributed by atoms with van der Waals surface area (Å²) in [7, 11) is 0. The molecule has 0 saturated heterocycles. The third kappa shape index (κ3) is 1.44. The maximum absolute atomic E-state index is 4.33. The predicted octanol–water partition coefficient (Wildman–Crippen LogP) is 0.676. The van der Waals surface area contributed by atoms with E-state index in [2.05, 4.69) is 60.1 Å². The van der Waals surface area contributed by atoms with Crippen LogP contribution in [0.5, 0.6) is 0 Å². The highest BCUT2D eigenvalue weighted by molar-refractivity contribution is 14.1. The van der Waals surface area contributed by atoms with E-state index in [9.17, 15) is 0 Å². The molecule has 0 saturated carbocycles. The van der Waals surface area contributed by atoms with Crippen LogP contribution < -0.4 is 4.43 Å². The second kappa shape index (κ2) is 3.40. The summed E-state index contributed by atoms with van der Waals surface area (Å²) in [6.07, 6.45) is 1.74. The van der Waals surface area contributed by atoms with Crippen molar-refractivity contribution in [3.63, 3.8) is 0 Å². The van der Waals surface area contributed by atoms with E-state index in [1.807, 2.05) is 16.5 Å². The van der Waals surface area contributed by atoms with Gasteiger partial charge in [0, 0.05) is 22.6 Å². The number of benzene rings is 1. The van der Waals surface area contributed by atoms with Crippen molar-refractivity contribution in [1.29, 1.82) is 0 Å². The van der Waals surface area contributed by atoms with Gasteiger partial charge in [0.1, 0.15) is 0 Å². The molecular formula is C9H4AlIN4. The third-order valence-corrected chi connectivity index (χ3v) is 3.27. The average molecular weight is 322 g/mol. The van der Waals surface area contributed by atoms with Crippen LogP contribution in [0.15, 0.2) is 24.4 Å². The second-order valence-corrected chi connectivity index (χ2v) is 4.80. The van der Waals surface area contributed by atoms with Crippen LogP contribution in [0.3, 0.4) is 0 Å². The first-order chi connectivity index (χ1) is 7.25. The molecule has 3 rings (SSSR count). The zero-order valence-electron chi connectivity index (χ0n) is 7.55. The van der Waals surface area contributed by atoms with Crippen molar-refractivity contribution in [1.82, 2.24) is 19.6 Å². The Morgan fingerprint density at radius 2 is 2.13 bits per heavy atom. The van der Waals surface area contributed by atoms with Gasteiger partial charge in [-0.25, -0.2) is 0 Å². The van der Waals surface area contributed by atoms with Gasteiger partial charge < -0.3 is 0 Å². The molecule has 2 radical (unpaired) electrons. The molecule has 15 heavy (non-hydrogen) atoms. The van der Waals surface area contributed by atoms with Crippen molar-refractivity contribution < 1.29 is 0 Å². The van der Waals surface area contributed by atoms with Gasteiger partial charge in [-0.3, -0.25) is 9.38 Å². The number of aromatic nitrogens is 4. The molecule has 0 bridgehead atoms. The lowest BCUT2D eigenvalue weighted by atomic mass is 10.3. The minimum absolute atomic E-state index is 0.780. The molecule has 2 heterocycles. The van der Waals surface area contributed by atoms with Crippen LogP contribution in [0, 0.1) is 3.83 Å². The molecule has 0 N–H and O–H groups in total. The Morgan fingerprint density at radius 3 is 3.00 bits per heavy atom. The summed E-state index contributed by atoms with van der Waals surface area (Å²) in [4.78, 5) is 4.33. The summed E-state index contributed by atoms with van der Waals surface area (Å²) in [6, 6.07) is 6.07. The Balaban J connectivity index is 2.61. The van der Waals surface area contributed by atoms with Crippen LogP contribution in [0.25, 0.3) is 16.7 Å². The molecule has 0 unspecified atom stereocenters. The Labute approximate surface area is 107 Å². The highest BCUT2D eigenvalue weighted by atomic mass is 127. The molecule has 4 nitrogen and oxygen atoms in total. The third-order valence-electron chi connectivity index (χ3n) is 2.21. The van der Waals surface area contributed by atoms with Crippen molar-refractivity contribution in [3.05, 3.63) is 28.2 Å². The van der Waals surface area contributed by atoms with E-state index in [4.69, 9.17) is 0 Å². The quantitative estimate of drug-likeness (QED) is 0.451. The van der Waals surface area contributed by atoms with Gasteiger partial charge in [0.2, 0.25) is 0 Å². The first-order valence-electron chi connectivity index (χ1n) is 4.30. The standard InChI is InChI=1S/C9H4IN4.Al/c10-9-13-12-8-5-11-6-3-1-2-4-7(6)14(8)9;/h1,3-5H;. The Hall–Kier alpha value is -0.708. The number of halogens is 1. The van der Waals surface area contributed by atoms with Crippen LogP contribution in [0.4, 0.5) is 0 Å². The van der Waals surface area contributed by atoms with E-state index in [1.54, 1.807) is 6.20 Å². The van der Waals surface area contributed by atoms with E-state index in [1.165, 1.54) is 0 Å². The lowest BCUT2D eigenvalue weighted by Gasteiger charge is -2.02. The summed E-state index contributed by atoms with van der Waals surface area (Å²) in [5.41, 5.74) is 2.77. The molecule has 0 aliphatic rings. The van der Waals surface area contributed by atoms with E-state index in [0.29, 0.717) is 0 Å². The van der Waals surface area contributed by atoms with E-state index in [0.717, 1.165) is 24.9 Å². The summed E-state index contributed by atoms with van der Waals surface area (Å²) in [6.45, 7) is 0. The van der Waals surface area contributed by atoms with Crippen LogP contribution in [0.1, 0.15) is 0 Å². The van der Waals surface area contributed by atoms with Gasteiger partial charge in [0.25, 0.3) is 0 Å². The maximum atomic E-state index is 4.33. The van der Waals surface area contributed by atoms with Gasteiger partial charge in [-0.05, 0) is 6.07 Å². The van der Waals surface area contributed by atoms with Crippen LogP contribution in [0.2, 0.25) is 0 Å². The second-order valence-electron chi connectivity index (χ2n) is 3.17. The van der Waals surface area contributed by atoms with Crippen LogP contribution in [-0.2, 0) is 0 Å². The monoisotopic (exact) mass is 322 g/mol. The summed E-state index contributed by atoms with van der Waals surface area (Å²) in [5, 5.41) is 8.06. The van der Waals surface area contributed by atoms with Crippen molar-refractivity contribution in [2.24, 2.45) is 0 Å². The van der Waals surface area contributed by atoms with Gasteiger partial charge >= 0.3 is 0 Å². The lowest BCUT2D eigenvalue weighted by molar-refractivity contribution is 1.06. The first kappa shape index (κ1) is 9.51. The molecule has 2 aromatic heterocycles. The molecule has 0 aliphatic heterocycles. The first-order valence-corrected chi connectivity index (χ1v) is 5.96. The van der Waals surface area contributed by atoms with Crippen LogP contribution in [-0.4, -0.2) is 35.9 Å². The fraction of sp³-hybridized carbons (Fsp3) is 0. The molecule has 6 heteroatoms. The van der Waals surface area contributed by atoms with Crippen molar-refractivity contribution in [2.45, 2.75) is 0 Å². The minimum atomic E-state index is 0.780. The van der Waals surface area contributed by atoms with Gasteiger partial charge in [-0.15, -0.1) is 14.6 Å². The van der Waals surface area contributed by atoms with Gasteiger partial charge in [-0.1, -0.05) is 12.1 Å². The predicted molar refractivity (Wildman–Crippen MR) is 66.4 cm³/mol. The average Bonchev–Trinajstić information content (AvgIpc) is 2.60. The number of fused-ring (bicyclic) bond motifs is 3. The van der Waals surface area contributed by atoms with Gasteiger partial charge in [0.15, 0.2) is 25.8 Å². The molecular weight excluding hydrogens is 318 g/mol. The Kier molecular flexibility index (Phi) is 2.16. The summed E-state index contributed by atoms with van der Waals surface area (Å²) < 4.78 is 3.98. The Morgan fingerprint density at radius 1 is 1.27 bits per heavy atom. The smallest absolute Gasteiger partial charge is 0.199 e. The molecule has 0 amide bonds. The van der Waals surface area contributed by atoms with Crippen LogP contribution >= 0.6 is 22.6 Å². The zero-order chi connectivity index (χ0) is 10.4. The maximum Gasteiger partial charge on any atom is 0.199 e. The summed E-state index contributed by atoms with van der Waals surface area (Å²) in [5.74, 6) is 0. The van der Waals surface area contributed by atoms with Gasteiger partial charge in [0.05, 0.1) is 17.2 Å². The molecule has 70 valence electrons. The normalized spacial score (nSPS) is 11.3. The molecule has 0 aliphatic carbocycles. The summed E-state index contributed by atoms with van der Waals surface area (Å²) >= 11 is 4.85. The van der Waals surface area contributed by atoms with E-state index in [-0.39, 0.29) is 0 Å². The number of hydrogen-bond acceptors (Lipinski definition) is 3. The van der Waals surface area contributed by atoms with Crippen molar-refractivity contribution >= 4 is 60.0 Å². The minimum Gasteiger partial charge on any atom is -0.267 e. The molecule has 3 aromatic rings. The van der Waals surface area contributed by atoms with Crippen molar-refractivity contribution in [3.8, 4) is 0 Å². The van der Waals surface area contributed by atoms with E-state index >= 15 is 0 Å². The molecule has 0 atom stereocenters. The van der Waals surface area contributed by atoms with Crippen molar-refractivity contribution in [2.75, 3.05) is 0 Å². The topological polar surface area (TPSA) is 43.1 Å². The Bertz CT molecular complexity index is 664. The lowest BCUT2D eigenvalue weighted by Crippen LogP contribution is -2.03. The number of nitrogens with zero attached hydrogens (tertiary/aromatic N) is 4. The SMILES string of the molecule is [Al][c]1ccc2ncc3nnc(I)n3c2c1. The van der Waals surface area contributed by atoms with Gasteiger partial charge in [-0.2, -0.15) is 0 Å². The largest absolute Gasteiger partial charge is 0.267 e. The zero-order valence-corrected chi connectivity index (χ0v) is 10.9. The fourth-order valence-corrected chi connectivity index (χ4v) is 2.41. The number of hydrogen-bond donors (Lipinski definition) is 0. The molecule has 0 fully saturated rings.